The number of anilines is 1. The molecule has 3 aromatic rings. The maximum atomic E-state index is 6.03. The number of nitrogens with zero attached hydrogens (tertiary/aromatic N) is 3. The van der Waals surface area contributed by atoms with Gasteiger partial charge in [-0.2, -0.15) is 0 Å². The number of halogens is 1. The molecule has 4 rings (SSSR count). The number of fused-ring (bicyclic) bond motifs is 1. The highest BCUT2D eigenvalue weighted by atomic mass is 79.9. The van der Waals surface area contributed by atoms with Gasteiger partial charge >= 0.3 is 0 Å². The molecule has 6 heteroatoms. The first-order valence-electron chi connectivity index (χ1n) is 8.50. The van der Waals surface area contributed by atoms with Crippen molar-refractivity contribution in [2.75, 3.05) is 18.1 Å². The molecule has 2 aromatic heterocycles. The Kier molecular flexibility index (Phi) is 4.37. The van der Waals surface area contributed by atoms with Crippen LogP contribution in [-0.4, -0.2) is 29.3 Å². The van der Waals surface area contributed by atoms with Crippen LogP contribution in [0.4, 0.5) is 5.69 Å². The molecule has 0 amide bonds. The Bertz CT molecular complexity index is 892. The number of pyridine rings is 1. The second kappa shape index (κ2) is 6.67. The Morgan fingerprint density at radius 2 is 2.08 bits per heavy atom. The number of aromatic nitrogens is 2. The molecule has 0 N–H and O–H groups in total. The Morgan fingerprint density at radius 1 is 1.28 bits per heavy atom. The Labute approximate surface area is 155 Å². The smallest absolute Gasteiger partial charge is 0.260 e. The summed E-state index contributed by atoms with van der Waals surface area (Å²) >= 11 is 3.45. The Morgan fingerprint density at radius 3 is 2.88 bits per heavy atom. The van der Waals surface area contributed by atoms with Crippen LogP contribution < -0.4 is 9.64 Å². The third-order valence-electron chi connectivity index (χ3n) is 4.67. The summed E-state index contributed by atoms with van der Waals surface area (Å²) in [6.07, 6.45) is 2.27. The van der Waals surface area contributed by atoms with Crippen molar-refractivity contribution >= 4 is 32.7 Å². The van der Waals surface area contributed by atoms with Crippen LogP contribution in [-0.2, 0) is 0 Å². The van der Waals surface area contributed by atoms with Crippen LogP contribution in [0.5, 0.6) is 5.75 Å². The van der Waals surface area contributed by atoms with E-state index in [1.807, 2.05) is 38.1 Å². The van der Waals surface area contributed by atoms with E-state index in [4.69, 9.17) is 9.26 Å². The largest absolute Gasteiger partial charge is 0.491 e. The fourth-order valence-corrected chi connectivity index (χ4v) is 3.73. The van der Waals surface area contributed by atoms with Crippen LogP contribution in [0.15, 0.2) is 39.3 Å². The Balaban J connectivity index is 1.59. The van der Waals surface area contributed by atoms with E-state index >= 15 is 0 Å². The van der Waals surface area contributed by atoms with Crippen LogP contribution in [0, 0.1) is 13.8 Å². The first kappa shape index (κ1) is 16.4. The van der Waals surface area contributed by atoms with Crippen LogP contribution in [0.25, 0.3) is 11.1 Å². The highest BCUT2D eigenvalue weighted by molar-refractivity contribution is 9.10. The van der Waals surface area contributed by atoms with Gasteiger partial charge in [-0.25, -0.2) is 4.98 Å². The van der Waals surface area contributed by atoms with Gasteiger partial charge in [0, 0.05) is 16.7 Å². The van der Waals surface area contributed by atoms with Crippen LogP contribution in [0.3, 0.4) is 0 Å². The predicted molar refractivity (Wildman–Crippen MR) is 101 cm³/mol. The second-order valence-electron chi connectivity index (χ2n) is 6.49. The van der Waals surface area contributed by atoms with E-state index in [2.05, 4.69) is 37.0 Å². The summed E-state index contributed by atoms with van der Waals surface area (Å²) in [6.45, 7) is 5.63. The fraction of sp³-hybridized carbons (Fsp3) is 0.368. The number of aryl methyl sites for hydroxylation is 2. The maximum absolute atomic E-state index is 6.03. The molecule has 1 atom stereocenters. The van der Waals surface area contributed by atoms with Gasteiger partial charge in [-0.3, -0.25) is 0 Å². The average molecular weight is 402 g/mol. The van der Waals surface area contributed by atoms with Gasteiger partial charge in [0.15, 0.2) is 0 Å². The minimum Gasteiger partial charge on any atom is -0.491 e. The summed E-state index contributed by atoms with van der Waals surface area (Å²) in [7, 11) is 0. The third kappa shape index (κ3) is 3.23. The molecule has 0 aliphatic carbocycles. The quantitative estimate of drug-likeness (QED) is 0.636. The van der Waals surface area contributed by atoms with E-state index in [1.165, 1.54) is 0 Å². The molecule has 1 fully saturated rings. The molecule has 130 valence electrons. The molecular formula is C19H20BrN3O2. The summed E-state index contributed by atoms with van der Waals surface area (Å²) in [5, 5.41) is 5.11. The topological polar surface area (TPSA) is 51.4 Å². The van der Waals surface area contributed by atoms with Gasteiger partial charge in [-0.15, -0.1) is 0 Å². The first-order valence-corrected chi connectivity index (χ1v) is 9.30. The van der Waals surface area contributed by atoms with Crippen molar-refractivity contribution in [3.63, 3.8) is 0 Å². The number of hydrogen-bond acceptors (Lipinski definition) is 5. The normalized spacial score (nSPS) is 17.4. The lowest BCUT2D eigenvalue weighted by Gasteiger charge is -2.27. The summed E-state index contributed by atoms with van der Waals surface area (Å²) in [6, 6.07) is 10.4. The summed E-state index contributed by atoms with van der Waals surface area (Å²) in [5.41, 5.74) is 3.60. The van der Waals surface area contributed by atoms with Gasteiger partial charge in [0.25, 0.3) is 5.71 Å². The summed E-state index contributed by atoms with van der Waals surface area (Å²) < 4.78 is 12.5. The standard InChI is InChI=1S/C19H20BrN3O2/c1-12-10-17(18-13(2)22-25-19(18)21-12)23-9-3-4-15(23)11-24-16-7-5-14(20)6-8-16/h5-8,10,15H,3-4,9,11H2,1-2H3/t15-/m0/s1. The molecular weight excluding hydrogens is 382 g/mol. The van der Waals surface area contributed by atoms with E-state index in [9.17, 15) is 0 Å². The number of hydrogen-bond donors (Lipinski definition) is 0. The molecule has 1 aliphatic rings. The Hall–Kier alpha value is -2.08. The summed E-state index contributed by atoms with van der Waals surface area (Å²) in [4.78, 5) is 6.88. The van der Waals surface area contributed by atoms with Crippen molar-refractivity contribution in [1.29, 1.82) is 0 Å². The molecule has 0 unspecified atom stereocenters. The maximum Gasteiger partial charge on any atom is 0.260 e. The third-order valence-corrected chi connectivity index (χ3v) is 5.20. The van der Waals surface area contributed by atoms with E-state index in [0.29, 0.717) is 18.4 Å². The van der Waals surface area contributed by atoms with Gasteiger partial charge in [0.1, 0.15) is 12.4 Å². The van der Waals surface area contributed by atoms with Crippen LogP contribution in [0.1, 0.15) is 24.2 Å². The molecule has 1 aromatic carbocycles. The van der Waals surface area contributed by atoms with Gasteiger partial charge < -0.3 is 14.2 Å². The van der Waals surface area contributed by atoms with Crippen LogP contribution in [0.2, 0.25) is 0 Å². The lowest BCUT2D eigenvalue weighted by Crippen LogP contribution is -2.34. The van der Waals surface area contributed by atoms with Crippen molar-refractivity contribution in [3.8, 4) is 5.75 Å². The SMILES string of the molecule is Cc1cc(N2CCC[C@H]2COc2ccc(Br)cc2)c2c(C)noc2n1. The summed E-state index contributed by atoms with van der Waals surface area (Å²) in [5.74, 6) is 0.896. The van der Waals surface area contributed by atoms with Crippen molar-refractivity contribution in [3.05, 3.63) is 46.2 Å². The highest BCUT2D eigenvalue weighted by Gasteiger charge is 2.28. The van der Waals surface area contributed by atoms with E-state index in [1.54, 1.807) is 0 Å². The molecule has 3 heterocycles. The van der Waals surface area contributed by atoms with Crippen molar-refractivity contribution in [2.45, 2.75) is 32.7 Å². The molecule has 0 spiro atoms. The monoisotopic (exact) mass is 401 g/mol. The zero-order valence-electron chi connectivity index (χ0n) is 14.3. The van der Waals surface area contributed by atoms with Gasteiger partial charge in [-0.1, -0.05) is 21.1 Å². The van der Waals surface area contributed by atoms with Crippen molar-refractivity contribution in [2.24, 2.45) is 0 Å². The fourth-order valence-electron chi connectivity index (χ4n) is 3.47. The number of benzene rings is 1. The molecule has 1 saturated heterocycles. The average Bonchev–Trinajstić information content (AvgIpc) is 3.21. The predicted octanol–water partition coefficient (Wildman–Crippen LogP) is 4.65. The molecule has 0 bridgehead atoms. The van der Waals surface area contributed by atoms with Crippen LogP contribution >= 0.6 is 15.9 Å². The second-order valence-corrected chi connectivity index (χ2v) is 7.40. The minimum atomic E-state index is 0.336. The molecule has 0 saturated carbocycles. The minimum absolute atomic E-state index is 0.336. The first-order chi connectivity index (χ1) is 12.1. The van der Waals surface area contributed by atoms with Crippen molar-refractivity contribution < 1.29 is 9.26 Å². The lowest BCUT2D eigenvalue weighted by molar-refractivity contribution is 0.288. The zero-order chi connectivity index (χ0) is 17.4. The number of rotatable bonds is 4. The van der Waals surface area contributed by atoms with E-state index in [0.717, 1.165) is 52.1 Å². The van der Waals surface area contributed by atoms with Crippen molar-refractivity contribution in [1.82, 2.24) is 10.1 Å². The van der Waals surface area contributed by atoms with E-state index < -0.39 is 0 Å². The van der Waals surface area contributed by atoms with Gasteiger partial charge in [-0.05, 0) is 57.0 Å². The van der Waals surface area contributed by atoms with E-state index in [-0.39, 0.29) is 0 Å². The zero-order valence-corrected chi connectivity index (χ0v) is 15.9. The number of ether oxygens (including phenoxy) is 1. The van der Waals surface area contributed by atoms with Gasteiger partial charge in [0.05, 0.1) is 22.8 Å². The van der Waals surface area contributed by atoms with Gasteiger partial charge in [0.2, 0.25) is 0 Å². The highest BCUT2D eigenvalue weighted by Crippen LogP contribution is 2.34. The lowest BCUT2D eigenvalue weighted by atomic mass is 10.1. The molecule has 1 aliphatic heterocycles. The molecule has 0 radical (unpaired) electrons. The molecule has 5 nitrogen and oxygen atoms in total. The molecule has 25 heavy (non-hydrogen) atoms.